The highest BCUT2D eigenvalue weighted by Crippen LogP contribution is 2.32. The fraction of sp³-hybridized carbons (Fsp3) is 0.343. The summed E-state index contributed by atoms with van der Waals surface area (Å²) < 4.78 is 0. The van der Waals surface area contributed by atoms with Crippen molar-refractivity contribution < 1.29 is 19.2 Å². The number of piperidine rings is 1. The molecule has 3 aromatic carbocycles. The summed E-state index contributed by atoms with van der Waals surface area (Å²) in [4.78, 5) is 56.1. The van der Waals surface area contributed by atoms with Gasteiger partial charge in [0.05, 0.1) is 34.8 Å². The summed E-state index contributed by atoms with van der Waals surface area (Å²) in [6.45, 7) is 3.12. The fourth-order valence-corrected chi connectivity index (χ4v) is 6.74. The van der Waals surface area contributed by atoms with E-state index in [1.807, 2.05) is 42.2 Å². The lowest BCUT2D eigenvalue weighted by Crippen LogP contribution is -2.55. The zero-order chi connectivity index (χ0) is 30.8. The summed E-state index contributed by atoms with van der Waals surface area (Å²) >= 11 is 0. The Bertz CT molecular complexity index is 1620. The highest BCUT2D eigenvalue weighted by molar-refractivity contribution is 6.21. The van der Waals surface area contributed by atoms with Crippen molar-refractivity contribution in [3.05, 3.63) is 100 Å². The van der Waals surface area contributed by atoms with Crippen LogP contribution in [-0.2, 0) is 0 Å². The largest absolute Gasteiger partial charge is 0.339 e. The number of fused-ring (bicyclic) bond motifs is 1. The van der Waals surface area contributed by atoms with Crippen LogP contribution in [0.3, 0.4) is 0 Å². The molecule has 0 spiro atoms. The molecule has 1 saturated carbocycles. The van der Waals surface area contributed by atoms with Gasteiger partial charge in [-0.15, -0.1) is 0 Å². The first kappa shape index (κ1) is 29.1. The van der Waals surface area contributed by atoms with Crippen molar-refractivity contribution in [3.63, 3.8) is 0 Å². The number of carbonyl (C=O) groups excluding carboxylic acids is 4. The summed E-state index contributed by atoms with van der Waals surface area (Å²) in [5, 5.41) is 15.0. The second-order valence-corrected chi connectivity index (χ2v) is 11.9. The Morgan fingerprint density at radius 1 is 0.864 bits per heavy atom. The first-order valence-corrected chi connectivity index (χ1v) is 15.3. The summed E-state index contributed by atoms with van der Waals surface area (Å²) in [5.74, 6) is -0.361. The van der Waals surface area contributed by atoms with Crippen molar-refractivity contribution >= 4 is 29.4 Å². The summed E-state index contributed by atoms with van der Waals surface area (Å²) in [5.41, 5.74) is 4.49. The van der Waals surface area contributed by atoms with E-state index in [1.165, 1.54) is 10.5 Å². The maximum Gasteiger partial charge on any atom is 0.319 e. The lowest BCUT2D eigenvalue weighted by molar-refractivity contribution is 0.0510. The Morgan fingerprint density at radius 2 is 1.52 bits per heavy atom. The van der Waals surface area contributed by atoms with Crippen molar-refractivity contribution in [3.8, 4) is 6.07 Å². The van der Waals surface area contributed by atoms with Crippen molar-refractivity contribution in [1.29, 1.82) is 5.26 Å². The molecule has 0 unspecified atom stereocenters. The normalized spacial score (nSPS) is 20.2. The fourth-order valence-electron chi connectivity index (χ4n) is 6.74. The van der Waals surface area contributed by atoms with Crippen LogP contribution in [0, 0.1) is 18.3 Å². The molecular weight excluding hydrogens is 554 g/mol. The second kappa shape index (κ2) is 12.3. The number of rotatable bonds is 5. The highest BCUT2D eigenvalue weighted by atomic mass is 16.2. The SMILES string of the molecule is Cc1ccc(C(=O)N2CCC(c3ccc(C#N)cc3)CC2)cc1NC(=O)N[C@@H]1CCCC[C@H]1N1C(=O)c2ccccc2C1=O. The van der Waals surface area contributed by atoms with Gasteiger partial charge in [-0.3, -0.25) is 19.3 Å². The molecule has 9 nitrogen and oxygen atoms in total. The number of carbonyl (C=O) groups is 4. The van der Waals surface area contributed by atoms with Crippen LogP contribution in [0.15, 0.2) is 66.7 Å². The molecule has 44 heavy (non-hydrogen) atoms. The standard InChI is InChI=1S/C35H35N5O4/c1-22-10-13-26(32(41)39-18-16-25(17-19-39)24-14-11-23(21-36)12-15-24)20-30(22)38-35(44)37-29-8-4-5-9-31(29)40-33(42)27-6-2-3-7-28(27)34(40)43/h2-3,6-7,10-15,20,25,29,31H,4-5,8-9,16-19H2,1H3,(H2,37,38,44)/t29-,31-/m1/s1. The minimum absolute atomic E-state index is 0.0790. The summed E-state index contributed by atoms with van der Waals surface area (Å²) in [6.07, 6.45) is 4.71. The number of nitriles is 1. The third-order valence-electron chi connectivity index (χ3n) is 9.23. The van der Waals surface area contributed by atoms with Crippen LogP contribution in [-0.4, -0.2) is 58.7 Å². The van der Waals surface area contributed by atoms with Gasteiger partial charge in [0.1, 0.15) is 0 Å². The Morgan fingerprint density at radius 3 is 2.18 bits per heavy atom. The average molecular weight is 590 g/mol. The van der Waals surface area contributed by atoms with E-state index in [9.17, 15) is 19.2 Å². The zero-order valence-electron chi connectivity index (χ0n) is 24.7. The van der Waals surface area contributed by atoms with Gasteiger partial charge < -0.3 is 15.5 Å². The second-order valence-electron chi connectivity index (χ2n) is 11.9. The Kier molecular flexibility index (Phi) is 8.16. The maximum atomic E-state index is 13.4. The number of nitrogens with zero attached hydrogens (tertiary/aromatic N) is 3. The van der Waals surface area contributed by atoms with E-state index in [4.69, 9.17) is 5.26 Å². The van der Waals surface area contributed by atoms with E-state index < -0.39 is 12.1 Å². The van der Waals surface area contributed by atoms with Gasteiger partial charge in [-0.2, -0.15) is 5.26 Å². The molecule has 224 valence electrons. The number of benzene rings is 3. The molecule has 1 aliphatic carbocycles. The first-order chi connectivity index (χ1) is 21.3. The van der Waals surface area contributed by atoms with Crippen LogP contribution < -0.4 is 10.6 Å². The van der Waals surface area contributed by atoms with E-state index in [1.54, 1.807) is 36.4 Å². The molecule has 0 aromatic heterocycles. The quantitative estimate of drug-likeness (QED) is 0.374. The number of likely N-dealkylation sites (tertiary alicyclic amines) is 1. The number of nitrogens with one attached hydrogen (secondary N) is 2. The minimum atomic E-state index is -0.436. The van der Waals surface area contributed by atoms with E-state index in [0.717, 1.165) is 31.2 Å². The molecule has 2 heterocycles. The highest BCUT2D eigenvalue weighted by Gasteiger charge is 2.43. The minimum Gasteiger partial charge on any atom is -0.339 e. The van der Waals surface area contributed by atoms with Crippen molar-refractivity contribution in [2.45, 2.75) is 63.5 Å². The number of hydrogen-bond acceptors (Lipinski definition) is 5. The lowest BCUT2D eigenvalue weighted by Gasteiger charge is -2.37. The number of anilines is 1. The number of aryl methyl sites for hydroxylation is 1. The molecule has 3 aliphatic rings. The van der Waals surface area contributed by atoms with Gasteiger partial charge in [0.25, 0.3) is 17.7 Å². The van der Waals surface area contributed by atoms with Crippen molar-refractivity contribution in [2.75, 3.05) is 18.4 Å². The number of imide groups is 1. The molecule has 6 rings (SSSR count). The number of urea groups is 1. The Balaban J connectivity index is 1.09. The topological polar surface area (TPSA) is 123 Å². The van der Waals surface area contributed by atoms with Crippen molar-refractivity contribution in [1.82, 2.24) is 15.1 Å². The Labute approximate surface area is 256 Å². The van der Waals surface area contributed by atoms with Crippen LogP contribution in [0.1, 0.15) is 92.2 Å². The van der Waals surface area contributed by atoms with E-state index in [0.29, 0.717) is 59.8 Å². The Hall–Kier alpha value is -4.97. The monoisotopic (exact) mass is 589 g/mol. The molecule has 3 aromatic rings. The van der Waals surface area contributed by atoms with Gasteiger partial charge in [-0.25, -0.2) is 4.79 Å². The molecule has 1 saturated heterocycles. The molecule has 2 aliphatic heterocycles. The van der Waals surface area contributed by atoms with Gasteiger partial charge in [0.15, 0.2) is 0 Å². The van der Waals surface area contributed by atoms with Crippen LogP contribution in [0.4, 0.5) is 10.5 Å². The van der Waals surface area contributed by atoms with Gasteiger partial charge in [0.2, 0.25) is 0 Å². The van der Waals surface area contributed by atoms with E-state index in [2.05, 4.69) is 16.7 Å². The van der Waals surface area contributed by atoms with Crippen LogP contribution >= 0.6 is 0 Å². The van der Waals surface area contributed by atoms with Crippen LogP contribution in [0.5, 0.6) is 0 Å². The zero-order valence-corrected chi connectivity index (χ0v) is 24.7. The third kappa shape index (κ3) is 5.68. The molecule has 0 radical (unpaired) electrons. The molecular formula is C35H35N5O4. The average Bonchev–Trinajstić information content (AvgIpc) is 3.31. The van der Waals surface area contributed by atoms with Crippen LogP contribution in [0.2, 0.25) is 0 Å². The first-order valence-electron chi connectivity index (χ1n) is 15.3. The lowest BCUT2D eigenvalue weighted by atomic mass is 9.89. The third-order valence-corrected chi connectivity index (χ3v) is 9.23. The van der Waals surface area contributed by atoms with Gasteiger partial charge in [-0.1, -0.05) is 43.2 Å². The van der Waals surface area contributed by atoms with Crippen LogP contribution in [0.25, 0.3) is 0 Å². The molecule has 2 fully saturated rings. The van der Waals surface area contributed by atoms with Crippen molar-refractivity contribution in [2.24, 2.45) is 0 Å². The van der Waals surface area contributed by atoms with Gasteiger partial charge >= 0.3 is 6.03 Å². The molecule has 2 N–H and O–H groups in total. The maximum absolute atomic E-state index is 13.4. The van der Waals surface area contributed by atoms with Gasteiger partial charge in [0, 0.05) is 24.3 Å². The number of hydrogen-bond donors (Lipinski definition) is 2. The van der Waals surface area contributed by atoms with E-state index >= 15 is 0 Å². The number of amides is 5. The summed E-state index contributed by atoms with van der Waals surface area (Å²) in [7, 11) is 0. The molecule has 2 atom stereocenters. The molecule has 0 bridgehead atoms. The molecule has 5 amide bonds. The molecule has 9 heteroatoms. The smallest absolute Gasteiger partial charge is 0.319 e. The van der Waals surface area contributed by atoms with Gasteiger partial charge in [-0.05, 0) is 86.1 Å². The predicted molar refractivity (Wildman–Crippen MR) is 165 cm³/mol. The van der Waals surface area contributed by atoms with E-state index in [-0.39, 0.29) is 23.8 Å². The predicted octanol–water partition coefficient (Wildman–Crippen LogP) is 5.62. The summed E-state index contributed by atoms with van der Waals surface area (Å²) in [6, 6.07) is 20.7.